The summed E-state index contributed by atoms with van der Waals surface area (Å²) in [5, 5.41) is 39.1. The quantitative estimate of drug-likeness (QED) is 0.0893. The van der Waals surface area contributed by atoms with Gasteiger partial charge in [-0.2, -0.15) is 0 Å². The first-order valence-electron chi connectivity index (χ1n) is 25.1. The van der Waals surface area contributed by atoms with Crippen molar-refractivity contribution in [2.75, 3.05) is 0 Å². The molecule has 74 heavy (non-hydrogen) atoms. The Morgan fingerprint density at radius 2 is 0.432 bits per heavy atom. The highest BCUT2D eigenvalue weighted by Gasteiger charge is 2.41. The number of rotatable bonds is 13. The van der Waals surface area contributed by atoms with E-state index in [0.717, 1.165) is 76.7 Å². The van der Waals surface area contributed by atoms with E-state index in [1.165, 1.54) is 21.2 Å². The standard InChI is InChI=1S/C70H52O2P2/c71-69(51-29-9-1-10-30-51,52-31-11-2-12-32-52)63-49-65(73(55-37-17-5-18-38-55)56-39-19-6-20-40-56)67(61-47-27-25-45-59(61)63)68-62-48-28-26-46-60(62)64(70(72,53-33-13-3-14-34-53)54-35-15-4-16-36-54)50-66(68)74(57-41-21-7-22-42-57)58-43-23-8-24-44-58/h1-50,71-72H. The summed E-state index contributed by atoms with van der Waals surface area (Å²) >= 11 is 0. The molecular formula is C70H52O2P2. The van der Waals surface area contributed by atoms with Crippen molar-refractivity contribution in [3.05, 3.63) is 337 Å². The van der Waals surface area contributed by atoms with Crippen molar-refractivity contribution in [1.82, 2.24) is 0 Å². The van der Waals surface area contributed by atoms with Gasteiger partial charge in [0.1, 0.15) is 11.2 Å². The Morgan fingerprint density at radius 3 is 0.676 bits per heavy atom. The molecule has 0 aliphatic heterocycles. The predicted molar refractivity (Wildman–Crippen MR) is 314 cm³/mol. The monoisotopic (exact) mass is 986 g/mol. The fourth-order valence-electron chi connectivity index (χ4n) is 11.0. The van der Waals surface area contributed by atoms with Crippen LogP contribution in [0.5, 0.6) is 0 Å². The normalized spacial score (nSPS) is 11.9. The summed E-state index contributed by atoms with van der Waals surface area (Å²) in [7, 11) is -2.63. The van der Waals surface area contributed by atoms with E-state index in [0.29, 0.717) is 0 Å². The average Bonchev–Trinajstić information content (AvgIpc) is 3.49. The van der Waals surface area contributed by atoms with Gasteiger partial charge >= 0.3 is 0 Å². The molecule has 0 heterocycles. The first-order chi connectivity index (χ1) is 36.5. The SMILES string of the molecule is OC(c1ccccc1)(c1ccccc1)c1cc(P(c2ccccc2)c2ccccc2)c(-c2c(P(c3ccccc3)c3ccccc3)cc(C(O)(c3ccccc3)c3ccccc3)c3ccccc23)c2ccccc12. The second kappa shape index (κ2) is 20.5. The smallest absolute Gasteiger partial charge is 0.141 e. The van der Waals surface area contributed by atoms with Gasteiger partial charge in [0.2, 0.25) is 0 Å². The summed E-state index contributed by atoms with van der Waals surface area (Å²) in [5.74, 6) is 0. The molecule has 0 unspecified atom stereocenters. The number of fused-ring (bicyclic) bond motifs is 2. The van der Waals surface area contributed by atoms with Crippen LogP contribution in [0, 0.1) is 0 Å². The first-order valence-corrected chi connectivity index (χ1v) is 27.8. The molecule has 2 nitrogen and oxygen atoms in total. The van der Waals surface area contributed by atoms with Gasteiger partial charge in [-0.15, -0.1) is 0 Å². The molecule has 12 aromatic rings. The van der Waals surface area contributed by atoms with Gasteiger partial charge in [-0.25, -0.2) is 0 Å². The molecule has 0 radical (unpaired) electrons. The Kier molecular flexibility index (Phi) is 13.0. The van der Waals surface area contributed by atoms with Crippen LogP contribution < -0.4 is 31.8 Å². The zero-order valence-corrected chi connectivity index (χ0v) is 42.4. The highest BCUT2D eigenvalue weighted by atomic mass is 31.1. The molecule has 0 fully saturated rings. The van der Waals surface area contributed by atoms with E-state index in [-0.39, 0.29) is 0 Å². The van der Waals surface area contributed by atoms with Gasteiger partial charge in [0.25, 0.3) is 0 Å². The Balaban J connectivity index is 1.32. The summed E-state index contributed by atoms with van der Waals surface area (Å²) in [6, 6.07) is 106. The van der Waals surface area contributed by atoms with E-state index >= 15 is 0 Å². The highest BCUT2D eigenvalue weighted by Crippen LogP contribution is 2.51. The first kappa shape index (κ1) is 47.0. The molecule has 4 heteroatoms. The molecule has 2 N–H and O–H groups in total. The molecule has 0 saturated carbocycles. The van der Waals surface area contributed by atoms with Crippen molar-refractivity contribution in [2.24, 2.45) is 0 Å². The minimum atomic E-state index is -1.55. The van der Waals surface area contributed by atoms with Gasteiger partial charge in [-0.3, -0.25) is 0 Å². The second-order valence-corrected chi connectivity index (χ2v) is 23.0. The molecule has 0 aliphatic carbocycles. The van der Waals surface area contributed by atoms with E-state index in [2.05, 4.69) is 182 Å². The van der Waals surface area contributed by atoms with Crippen LogP contribution in [-0.2, 0) is 11.2 Å². The average molecular weight is 987 g/mol. The van der Waals surface area contributed by atoms with E-state index < -0.39 is 27.0 Å². The summed E-state index contributed by atoms with van der Waals surface area (Å²) in [6.07, 6.45) is 0. The Morgan fingerprint density at radius 1 is 0.230 bits per heavy atom. The van der Waals surface area contributed by atoms with Crippen molar-refractivity contribution in [1.29, 1.82) is 0 Å². The zero-order valence-electron chi connectivity index (χ0n) is 40.7. The van der Waals surface area contributed by atoms with E-state index in [9.17, 15) is 10.2 Å². The summed E-state index contributed by atoms with van der Waals surface area (Å²) < 4.78 is 0. The van der Waals surface area contributed by atoms with Gasteiger partial charge in [-0.05, 0) is 115 Å². The molecule has 0 amide bonds. The highest BCUT2D eigenvalue weighted by molar-refractivity contribution is 7.81. The summed E-state index contributed by atoms with van der Waals surface area (Å²) in [5.41, 5.74) is 3.85. The molecule has 0 atom stereocenters. The third-order valence-corrected chi connectivity index (χ3v) is 19.3. The van der Waals surface area contributed by atoms with Crippen LogP contribution in [0.4, 0.5) is 0 Å². The van der Waals surface area contributed by atoms with Crippen molar-refractivity contribution < 1.29 is 10.2 Å². The topological polar surface area (TPSA) is 40.5 Å². The van der Waals surface area contributed by atoms with Crippen LogP contribution in [-0.4, -0.2) is 10.2 Å². The largest absolute Gasteiger partial charge is 0.376 e. The molecule has 0 aromatic heterocycles. The lowest BCUT2D eigenvalue weighted by Crippen LogP contribution is -2.33. The minimum Gasteiger partial charge on any atom is -0.376 e. The van der Waals surface area contributed by atoms with Crippen LogP contribution in [0.1, 0.15) is 33.4 Å². The maximum atomic E-state index is 14.1. The maximum Gasteiger partial charge on any atom is 0.141 e. The van der Waals surface area contributed by atoms with Crippen molar-refractivity contribution in [2.45, 2.75) is 11.2 Å². The van der Waals surface area contributed by atoms with Crippen molar-refractivity contribution in [3.8, 4) is 11.1 Å². The fraction of sp³-hybridized carbons (Fsp3) is 0.0286. The van der Waals surface area contributed by atoms with Gasteiger partial charge in [0, 0.05) is 11.1 Å². The third kappa shape index (κ3) is 8.37. The lowest BCUT2D eigenvalue weighted by molar-refractivity contribution is 0.127. The molecule has 0 saturated heterocycles. The van der Waals surface area contributed by atoms with Gasteiger partial charge < -0.3 is 10.2 Å². The van der Waals surface area contributed by atoms with Crippen molar-refractivity contribution in [3.63, 3.8) is 0 Å². The Hall–Kier alpha value is -8.06. The maximum absolute atomic E-state index is 14.1. The molecular weight excluding hydrogens is 935 g/mol. The Bertz CT molecular complexity index is 3430. The molecule has 12 aromatic carbocycles. The molecule has 12 rings (SSSR count). The van der Waals surface area contributed by atoms with E-state index in [1.54, 1.807) is 0 Å². The number of benzene rings is 12. The lowest BCUT2D eigenvalue weighted by atomic mass is 9.76. The van der Waals surface area contributed by atoms with Crippen LogP contribution in [0.2, 0.25) is 0 Å². The fourth-order valence-corrected chi connectivity index (χ4v) is 16.1. The molecule has 354 valence electrons. The van der Waals surface area contributed by atoms with Gasteiger partial charge in [-0.1, -0.05) is 291 Å². The van der Waals surface area contributed by atoms with Crippen LogP contribution in [0.3, 0.4) is 0 Å². The zero-order chi connectivity index (χ0) is 49.9. The Labute approximate surface area is 436 Å². The van der Waals surface area contributed by atoms with Gasteiger partial charge in [0.05, 0.1) is 0 Å². The second-order valence-electron chi connectivity index (χ2n) is 18.6. The summed E-state index contributed by atoms with van der Waals surface area (Å²) in [6.45, 7) is 0. The number of aliphatic hydroxyl groups is 2. The third-order valence-electron chi connectivity index (χ3n) is 14.4. The van der Waals surface area contributed by atoms with Crippen LogP contribution in [0.15, 0.2) is 303 Å². The summed E-state index contributed by atoms with van der Waals surface area (Å²) in [4.78, 5) is 0. The molecule has 0 aliphatic rings. The molecule has 0 spiro atoms. The van der Waals surface area contributed by atoms with E-state index in [1.807, 2.05) is 121 Å². The van der Waals surface area contributed by atoms with Crippen LogP contribution >= 0.6 is 15.8 Å². The van der Waals surface area contributed by atoms with Gasteiger partial charge in [0.15, 0.2) is 0 Å². The number of hydrogen-bond acceptors (Lipinski definition) is 2. The minimum absolute atomic E-state index is 0.784. The molecule has 0 bridgehead atoms. The number of hydrogen-bond donors (Lipinski definition) is 2. The lowest BCUT2D eigenvalue weighted by Gasteiger charge is -2.36. The van der Waals surface area contributed by atoms with Crippen LogP contribution in [0.25, 0.3) is 32.7 Å². The van der Waals surface area contributed by atoms with Crippen molar-refractivity contribution >= 4 is 69.2 Å². The van der Waals surface area contributed by atoms with E-state index in [4.69, 9.17) is 0 Å². The predicted octanol–water partition coefficient (Wildman–Crippen LogP) is 13.7.